The number of hydrogen-bond acceptors (Lipinski definition) is 5. The molecule has 0 bridgehead atoms. The van der Waals surface area contributed by atoms with Crippen molar-refractivity contribution >= 4 is 40.5 Å². The third-order valence-electron chi connectivity index (χ3n) is 3.63. The second-order valence-electron chi connectivity index (χ2n) is 5.19. The molecule has 8 heteroatoms. The van der Waals surface area contributed by atoms with E-state index in [9.17, 15) is 4.39 Å². The molecule has 0 amide bonds. The molecule has 1 aliphatic heterocycles. The Morgan fingerprint density at radius 1 is 1.43 bits per heavy atom. The Hall–Kier alpha value is -1.28. The molecule has 1 atom stereocenters. The molecule has 1 unspecified atom stereocenters. The van der Waals surface area contributed by atoms with Gasteiger partial charge in [-0.2, -0.15) is 4.98 Å². The highest BCUT2D eigenvalue weighted by Crippen LogP contribution is 2.20. The first-order valence-electron chi connectivity index (χ1n) is 7.01. The number of rotatable bonds is 3. The topological polar surface area (TPSA) is 54.2 Å². The van der Waals surface area contributed by atoms with E-state index in [-0.39, 0.29) is 24.3 Å². The highest BCUT2D eigenvalue weighted by molar-refractivity contribution is 9.10. The third kappa shape index (κ3) is 4.38. The Bertz CT molecular complexity index is 694. The van der Waals surface area contributed by atoms with Gasteiger partial charge in [0.25, 0.3) is 5.89 Å². The van der Waals surface area contributed by atoms with Gasteiger partial charge in [0.15, 0.2) is 5.82 Å². The minimum atomic E-state index is -0.296. The predicted molar refractivity (Wildman–Crippen MR) is 92.8 cm³/mol. The van der Waals surface area contributed by atoms with Crippen LogP contribution in [-0.2, 0) is 0 Å². The number of halogens is 3. The van der Waals surface area contributed by atoms with E-state index in [1.165, 1.54) is 6.07 Å². The van der Waals surface area contributed by atoms with Gasteiger partial charge in [-0.3, -0.25) is 4.90 Å². The Balaban J connectivity index is 0.00000192. The van der Waals surface area contributed by atoms with E-state index in [4.69, 9.17) is 4.52 Å². The van der Waals surface area contributed by atoms with Crippen LogP contribution in [0.1, 0.15) is 23.3 Å². The molecular weight excluding hydrogens is 387 g/mol. The molecule has 1 N–H and O–H groups in total. The monoisotopic (exact) mass is 402 g/mol. The first kappa shape index (κ1) is 18.1. The second kappa shape index (κ2) is 8.01. The average Bonchev–Trinajstić information content (AvgIpc) is 2.97. The fraction of sp³-hybridized carbons (Fsp3) is 0.333. The Morgan fingerprint density at radius 3 is 3.04 bits per heavy atom. The quantitative estimate of drug-likeness (QED) is 0.853. The normalized spacial score (nSPS) is 19.0. The van der Waals surface area contributed by atoms with Crippen molar-refractivity contribution in [2.45, 2.75) is 6.04 Å². The predicted octanol–water partition coefficient (Wildman–Crippen LogP) is 3.14. The molecule has 2 aromatic rings. The molecule has 23 heavy (non-hydrogen) atoms. The molecule has 2 heterocycles. The SMILES string of the molecule is CN1CCNCC1c1noc(/C=C/c2cc(Br)ccc2F)n1.Cl. The van der Waals surface area contributed by atoms with Crippen molar-refractivity contribution in [2.24, 2.45) is 0 Å². The number of piperazine rings is 1. The maximum Gasteiger partial charge on any atom is 0.250 e. The number of nitrogens with zero attached hydrogens (tertiary/aromatic N) is 3. The van der Waals surface area contributed by atoms with E-state index in [0.29, 0.717) is 17.3 Å². The van der Waals surface area contributed by atoms with Crippen LogP contribution in [0.4, 0.5) is 4.39 Å². The summed E-state index contributed by atoms with van der Waals surface area (Å²) < 4.78 is 19.7. The zero-order valence-corrected chi connectivity index (χ0v) is 14.9. The smallest absolute Gasteiger partial charge is 0.250 e. The molecule has 1 aromatic carbocycles. The van der Waals surface area contributed by atoms with Gasteiger partial charge in [-0.15, -0.1) is 12.4 Å². The minimum Gasteiger partial charge on any atom is -0.335 e. The Morgan fingerprint density at radius 2 is 2.26 bits per heavy atom. The van der Waals surface area contributed by atoms with Crippen LogP contribution >= 0.6 is 28.3 Å². The lowest BCUT2D eigenvalue weighted by atomic mass is 10.2. The molecule has 0 aliphatic carbocycles. The second-order valence-corrected chi connectivity index (χ2v) is 6.11. The summed E-state index contributed by atoms with van der Waals surface area (Å²) in [5.41, 5.74) is 0.463. The summed E-state index contributed by atoms with van der Waals surface area (Å²) in [4.78, 5) is 6.55. The Labute approximate surface area is 148 Å². The van der Waals surface area contributed by atoms with Crippen LogP contribution in [0, 0.1) is 5.82 Å². The first-order chi connectivity index (χ1) is 10.6. The molecule has 0 saturated carbocycles. The summed E-state index contributed by atoms with van der Waals surface area (Å²) in [7, 11) is 2.04. The number of aromatic nitrogens is 2. The summed E-state index contributed by atoms with van der Waals surface area (Å²) >= 11 is 3.32. The molecule has 1 aromatic heterocycles. The van der Waals surface area contributed by atoms with Gasteiger partial charge in [-0.1, -0.05) is 21.1 Å². The van der Waals surface area contributed by atoms with Gasteiger partial charge in [0.2, 0.25) is 0 Å². The van der Waals surface area contributed by atoms with Gasteiger partial charge in [0.1, 0.15) is 5.82 Å². The van der Waals surface area contributed by atoms with E-state index in [2.05, 4.69) is 36.3 Å². The lowest BCUT2D eigenvalue weighted by Gasteiger charge is -2.30. The van der Waals surface area contributed by atoms with Crippen LogP contribution in [0.2, 0.25) is 0 Å². The van der Waals surface area contributed by atoms with Gasteiger partial charge >= 0.3 is 0 Å². The molecule has 3 rings (SSSR count). The van der Waals surface area contributed by atoms with E-state index >= 15 is 0 Å². The lowest BCUT2D eigenvalue weighted by Crippen LogP contribution is -2.44. The molecule has 0 radical (unpaired) electrons. The lowest BCUT2D eigenvalue weighted by molar-refractivity contribution is 0.190. The zero-order chi connectivity index (χ0) is 15.5. The number of nitrogens with one attached hydrogen (secondary N) is 1. The van der Waals surface area contributed by atoms with Crippen LogP contribution < -0.4 is 5.32 Å². The van der Waals surface area contributed by atoms with Gasteiger partial charge in [0, 0.05) is 35.7 Å². The van der Waals surface area contributed by atoms with Gasteiger partial charge < -0.3 is 9.84 Å². The van der Waals surface area contributed by atoms with E-state index in [1.54, 1.807) is 24.3 Å². The van der Waals surface area contributed by atoms with Crippen LogP contribution in [0.25, 0.3) is 12.2 Å². The molecular formula is C15H17BrClFN4O. The van der Waals surface area contributed by atoms with Crippen molar-refractivity contribution in [2.75, 3.05) is 26.7 Å². The maximum atomic E-state index is 13.7. The van der Waals surface area contributed by atoms with Crippen LogP contribution in [0.3, 0.4) is 0 Å². The fourth-order valence-corrected chi connectivity index (χ4v) is 2.73. The summed E-state index contributed by atoms with van der Waals surface area (Å²) in [6, 6.07) is 4.86. The Kier molecular flexibility index (Phi) is 6.29. The molecule has 1 saturated heterocycles. The van der Waals surface area contributed by atoms with E-state index in [1.807, 2.05) is 7.05 Å². The maximum absolute atomic E-state index is 13.7. The third-order valence-corrected chi connectivity index (χ3v) is 4.12. The highest BCUT2D eigenvalue weighted by Gasteiger charge is 2.24. The average molecular weight is 404 g/mol. The first-order valence-corrected chi connectivity index (χ1v) is 7.80. The van der Waals surface area contributed by atoms with Gasteiger partial charge in [-0.25, -0.2) is 4.39 Å². The summed E-state index contributed by atoms with van der Waals surface area (Å²) in [6.07, 6.45) is 3.25. The zero-order valence-electron chi connectivity index (χ0n) is 12.5. The molecule has 1 fully saturated rings. The van der Waals surface area contributed by atoms with Crippen LogP contribution in [0.15, 0.2) is 27.2 Å². The van der Waals surface area contributed by atoms with Crippen molar-refractivity contribution in [3.8, 4) is 0 Å². The van der Waals surface area contributed by atoms with Crippen molar-refractivity contribution in [3.05, 3.63) is 45.8 Å². The van der Waals surface area contributed by atoms with E-state index in [0.717, 1.165) is 24.1 Å². The summed E-state index contributed by atoms with van der Waals surface area (Å²) in [5, 5.41) is 7.33. The van der Waals surface area contributed by atoms with Gasteiger partial charge in [0.05, 0.1) is 6.04 Å². The summed E-state index contributed by atoms with van der Waals surface area (Å²) in [5.74, 6) is 0.716. The van der Waals surface area contributed by atoms with Crippen molar-refractivity contribution < 1.29 is 8.91 Å². The summed E-state index contributed by atoms with van der Waals surface area (Å²) in [6.45, 7) is 2.69. The van der Waals surface area contributed by atoms with Crippen molar-refractivity contribution in [3.63, 3.8) is 0 Å². The molecule has 1 aliphatic rings. The van der Waals surface area contributed by atoms with Crippen molar-refractivity contribution in [1.82, 2.24) is 20.4 Å². The van der Waals surface area contributed by atoms with Crippen LogP contribution in [0.5, 0.6) is 0 Å². The number of likely N-dealkylation sites (N-methyl/N-ethyl adjacent to an activating group) is 1. The van der Waals surface area contributed by atoms with Crippen molar-refractivity contribution in [1.29, 1.82) is 0 Å². The van der Waals surface area contributed by atoms with Crippen LogP contribution in [-0.4, -0.2) is 41.7 Å². The molecule has 0 spiro atoms. The number of hydrogen-bond donors (Lipinski definition) is 1. The molecule has 5 nitrogen and oxygen atoms in total. The highest BCUT2D eigenvalue weighted by atomic mass is 79.9. The molecule has 124 valence electrons. The minimum absolute atomic E-state index is 0. The van der Waals surface area contributed by atoms with Gasteiger partial charge in [-0.05, 0) is 31.3 Å². The van der Waals surface area contributed by atoms with E-state index < -0.39 is 0 Å². The standard InChI is InChI=1S/C15H16BrFN4O.ClH/c1-21-7-6-18-9-13(21)15-19-14(22-20-15)5-2-10-8-11(16)3-4-12(10)17;/h2-5,8,13,18H,6-7,9H2,1H3;1H/b5-2+;. The number of benzene rings is 1. The fourth-order valence-electron chi connectivity index (χ4n) is 2.35. The largest absolute Gasteiger partial charge is 0.335 e.